The van der Waals surface area contributed by atoms with Gasteiger partial charge in [-0.15, -0.1) is 0 Å². The lowest BCUT2D eigenvalue weighted by Crippen LogP contribution is -2.34. The van der Waals surface area contributed by atoms with Crippen LogP contribution in [-0.4, -0.2) is 42.4 Å². The summed E-state index contributed by atoms with van der Waals surface area (Å²) in [6.07, 6.45) is 4.65. The topological polar surface area (TPSA) is 83.1 Å². The van der Waals surface area contributed by atoms with E-state index in [2.05, 4.69) is 20.0 Å². The number of aliphatic hydroxyl groups is 1. The number of furan rings is 1. The minimum Gasteiger partial charge on any atom is -0.468 e. The second kappa shape index (κ2) is 7.46. The van der Waals surface area contributed by atoms with E-state index in [0.717, 1.165) is 23.0 Å². The minimum atomic E-state index is -0.534. The van der Waals surface area contributed by atoms with Crippen LogP contribution in [0.5, 0.6) is 0 Å². The van der Waals surface area contributed by atoms with Crippen LogP contribution in [0.2, 0.25) is 0 Å². The third kappa shape index (κ3) is 4.33. The van der Waals surface area contributed by atoms with Crippen LogP contribution in [-0.2, 0) is 19.6 Å². The van der Waals surface area contributed by atoms with E-state index in [1.165, 1.54) is 0 Å². The summed E-state index contributed by atoms with van der Waals surface area (Å²) in [7, 11) is 0. The second-order valence-corrected chi connectivity index (χ2v) is 6.05. The largest absolute Gasteiger partial charge is 0.468 e. The van der Waals surface area contributed by atoms with Gasteiger partial charge < -0.3 is 14.5 Å². The number of imidazole rings is 1. The Labute approximate surface area is 140 Å². The number of nitrogens with one attached hydrogen (secondary N) is 1. The highest BCUT2D eigenvalue weighted by atomic mass is 16.3. The number of H-pyrrole nitrogens is 1. The molecule has 0 aliphatic heterocycles. The summed E-state index contributed by atoms with van der Waals surface area (Å²) in [5.74, 6) is 1.72. The quantitative estimate of drug-likeness (QED) is 0.659. The number of aryl methyl sites for hydroxylation is 2. The standard InChI is InChI=1S/C17H23N5O2/c1-13-8-14(2)22(20-13)10-15(23)9-21(11-16-4-3-7-24-16)12-17-18-5-6-19-17/h3-8,15,23H,9-12H2,1-2H3,(H,18,19)/t15-/m0/s1. The van der Waals surface area contributed by atoms with Crippen molar-refractivity contribution in [3.8, 4) is 0 Å². The molecule has 3 rings (SSSR count). The molecule has 0 aliphatic rings. The molecular formula is C17H23N5O2. The van der Waals surface area contributed by atoms with Gasteiger partial charge in [-0.1, -0.05) is 0 Å². The molecule has 0 unspecified atom stereocenters. The van der Waals surface area contributed by atoms with Crippen molar-refractivity contribution < 1.29 is 9.52 Å². The van der Waals surface area contributed by atoms with Gasteiger partial charge in [0.25, 0.3) is 0 Å². The van der Waals surface area contributed by atoms with Gasteiger partial charge in [0, 0.05) is 24.6 Å². The van der Waals surface area contributed by atoms with E-state index in [4.69, 9.17) is 4.42 Å². The second-order valence-electron chi connectivity index (χ2n) is 6.05. The number of aliphatic hydroxyl groups excluding tert-OH is 1. The first kappa shape index (κ1) is 16.5. The maximum atomic E-state index is 10.5. The zero-order chi connectivity index (χ0) is 16.9. The summed E-state index contributed by atoms with van der Waals surface area (Å²) in [5.41, 5.74) is 2.01. The Morgan fingerprint density at radius 2 is 2.25 bits per heavy atom. The van der Waals surface area contributed by atoms with Gasteiger partial charge in [-0.3, -0.25) is 9.58 Å². The van der Waals surface area contributed by atoms with E-state index >= 15 is 0 Å². The highest BCUT2D eigenvalue weighted by molar-refractivity contribution is 5.06. The van der Waals surface area contributed by atoms with Crippen molar-refractivity contribution in [1.82, 2.24) is 24.6 Å². The van der Waals surface area contributed by atoms with Crippen LogP contribution in [0.4, 0.5) is 0 Å². The number of aromatic nitrogens is 4. The SMILES string of the molecule is Cc1cc(C)n(C[C@@H](O)CN(Cc2ncc[nH]2)Cc2ccco2)n1. The van der Waals surface area contributed by atoms with Crippen LogP contribution in [0.3, 0.4) is 0 Å². The van der Waals surface area contributed by atoms with Crippen LogP contribution in [0.1, 0.15) is 23.0 Å². The van der Waals surface area contributed by atoms with Crippen LogP contribution >= 0.6 is 0 Å². The normalized spacial score (nSPS) is 12.8. The molecule has 128 valence electrons. The van der Waals surface area contributed by atoms with E-state index in [-0.39, 0.29) is 0 Å². The predicted octanol–water partition coefficient (Wildman–Crippen LogP) is 1.88. The van der Waals surface area contributed by atoms with Crippen molar-refractivity contribution in [3.63, 3.8) is 0 Å². The molecule has 0 aromatic carbocycles. The van der Waals surface area contributed by atoms with Crippen molar-refractivity contribution in [1.29, 1.82) is 0 Å². The average molecular weight is 329 g/mol. The van der Waals surface area contributed by atoms with Crippen LogP contribution in [0.25, 0.3) is 0 Å². The summed E-state index contributed by atoms with van der Waals surface area (Å²) >= 11 is 0. The molecule has 3 aromatic heterocycles. The lowest BCUT2D eigenvalue weighted by atomic mass is 10.3. The highest BCUT2D eigenvalue weighted by Crippen LogP contribution is 2.10. The summed E-state index contributed by atoms with van der Waals surface area (Å²) in [5, 5.41) is 14.9. The molecule has 7 nitrogen and oxygen atoms in total. The van der Waals surface area contributed by atoms with Gasteiger partial charge in [0.1, 0.15) is 11.6 Å². The maximum absolute atomic E-state index is 10.5. The summed E-state index contributed by atoms with van der Waals surface area (Å²) in [6, 6.07) is 5.81. The summed E-state index contributed by atoms with van der Waals surface area (Å²) < 4.78 is 7.28. The van der Waals surface area contributed by atoms with E-state index in [9.17, 15) is 5.11 Å². The molecule has 0 aliphatic carbocycles. The molecule has 0 spiro atoms. The first-order chi connectivity index (χ1) is 11.6. The number of hydrogen-bond acceptors (Lipinski definition) is 5. The third-order valence-corrected chi connectivity index (χ3v) is 3.84. The van der Waals surface area contributed by atoms with Crippen LogP contribution < -0.4 is 0 Å². The van der Waals surface area contributed by atoms with E-state index < -0.39 is 6.10 Å². The first-order valence-corrected chi connectivity index (χ1v) is 8.02. The Kier molecular flexibility index (Phi) is 5.12. The van der Waals surface area contributed by atoms with Crippen molar-refractivity contribution in [2.24, 2.45) is 0 Å². The summed E-state index contributed by atoms with van der Waals surface area (Å²) in [6.45, 7) is 6.14. The Hall–Kier alpha value is -2.38. The Morgan fingerprint density at radius 1 is 1.38 bits per heavy atom. The van der Waals surface area contributed by atoms with Crippen molar-refractivity contribution in [2.45, 2.75) is 39.6 Å². The molecule has 1 atom stereocenters. The van der Waals surface area contributed by atoms with Gasteiger partial charge in [0.15, 0.2) is 0 Å². The number of aromatic amines is 1. The van der Waals surface area contributed by atoms with Crippen molar-refractivity contribution in [3.05, 3.63) is 59.8 Å². The average Bonchev–Trinajstić information content (AvgIpc) is 3.24. The van der Waals surface area contributed by atoms with Gasteiger partial charge in [0.05, 0.1) is 37.7 Å². The smallest absolute Gasteiger partial charge is 0.120 e. The molecular weight excluding hydrogens is 306 g/mol. The zero-order valence-electron chi connectivity index (χ0n) is 14.0. The van der Waals surface area contributed by atoms with E-state index in [1.54, 1.807) is 18.7 Å². The molecule has 0 saturated heterocycles. The van der Waals surface area contributed by atoms with Gasteiger partial charge in [-0.25, -0.2) is 4.98 Å². The fraction of sp³-hybridized carbons (Fsp3) is 0.412. The highest BCUT2D eigenvalue weighted by Gasteiger charge is 2.16. The van der Waals surface area contributed by atoms with E-state index in [0.29, 0.717) is 26.2 Å². The number of nitrogens with zero attached hydrogens (tertiary/aromatic N) is 4. The molecule has 24 heavy (non-hydrogen) atoms. The van der Waals surface area contributed by atoms with Gasteiger partial charge in [-0.2, -0.15) is 5.10 Å². The van der Waals surface area contributed by atoms with Gasteiger partial charge in [0.2, 0.25) is 0 Å². The number of hydrogen-bond donors (Lipinski definition) is 2. The van der Waals surface area contributed by atoms with Crippen molar-refractivity contribution in [2.75, 3.05) is 6.54 Å². The third-order valence-electron chi connectivity index (χ3n) is 3.84. The lowest BCUT2D eigenvalue weighted by Gasteiger charge is -2.23. The molecule has 7 heteroatoms. The molecule has 0 fully saturated rings. The summed E-state index contributed by atoms with van der Waals surface area (Å²) in [4.78, 5) is 9.47. The lowest BCUT2D eigenvalue weighted by molar-refractivity contribution is 0.0827. The van der Waals surface area contributed by atoms with Crippen LogP contribution in [0.15, 0.2) is 41.3 Å². The minimum absolute atomic E-state index is 0.465. The first-order valence-electron chi connectivity index (χ1n) is 8.02. The van der Waals surface area contributed by atoms with Gasteiger partial charge in [-0.05, 0) is 32.0 Å². The molecule has 0 bridgehead atoms. The van der Waals surface area contributed by atoms with E-state index in [1.807, 2.05) is 36.7 Å². The van der Waals surface area contributed by atoms with Gasteiger partial charge >= 0.3 is 0 Å². The molecule has 2 N–H and O–H groups in total. The van der Waals surface area contributed by atoms with Crippen molar-refractivity contribution >= 4 is 0 Å². The zero-order valence-corrected chi connectivity index (χ0v) is 14.0. The monoisotopic (exact) mass is 329 g/mol. The molecule has 0 amide bonds. The maximum Gasteiger partial charge on any atom is 0.120 e. The Morgan fingerprint density at radius 3 is 2.88 bits per heavy atom. The molecule has 0 radical (unpaired) electrons. The molecule has 3 aromatic rings. The fourth-order valence-electron chi connectivity index (χ4n) is 2.82. The van der Waals surface area contributed by atoms with Crippen LogP contribution in [0, 0.1) is 13.8 Å². The molecule has 0 saturated carbocycles. The number of rotatable bonds is 8. The molecule has 3 heterocycles. The Balaban J connectivity index is 1.64. The Bertz CT molecular complexity index is 697. The predicted molar refractivity (Wildman–Crippen MR) is 89.1 cm³/mol. The fourth-order valence-corrected chi connectivity index (χ4v) is 2.82.